The first-order chi connectivity index (χ1) is 19.0. The van der Waals surface area contributed by atoms with Crippen LogP contribution in [0.3, 0.4) is 0 Å². The molecule has 0 radical (unpaired) electrons. The van der Waals surface area contributed by atoms with Gasteiger partial charge in [-0.2, -0.15) is 18.6 Å². The topological polar surface area (TPSA) is 29.5 Å². The van der Waals surface area contributed by atoms with E-state index in [4.69, 9.17) is 16.0 Å². The largest absolute Gasteiger partial charge is 1.00 e. The standard InChI is InChI=1S/C35H39ClNO2Si.Li/c1-27-22-23-29(36)26-32(27)33(38)37(35(5,6)28-16-10-7-11-17-28)24-25-39-40(34(2,3)4,30-18-12-8-13-19-30)31-20-14-9-15-21-31;/h7-23,26H,1,24-25H2,2-6H3;/q-1;+1. The van der Waals surface area contributed by atoms with Gasteiger partial charge in [0.2, 0.25) is 0 Å². The number of halogens is 1. The van der Waals surface area contributed by atoms with Crippen LogP contribution >= 0.6 is 11.6 Å². The molecule has 0 N–H and O–H groups in total. The maximum absolute atomic E-state index is 14.2. The van der Waals surface area contributed by atoms with Crippen LogP contribution in [0.15, 0.2) is 109 Å². The fourth-order valence-electron chi connectivity index (χ4n) is 5.58. The minimum atomic E-state index is -2.76. The molecule has 0 heterocycles. The fraction of sp³-hybridized carbons (Fsp3) is 0.257. The molecule has 0 aromatic heterocycles. The van der Waals surface area contributed by atoms with Gasteiger partial charge in [0.15, 0.2) is 5.91 Å². The Morgan fingerprint density at radius 2 is 1.29 bits per heavy atom. The first-order valence-corrected chi connectivity index (χ1v) is 16.0. The molecular weight excluding hydrogens is 537 g/mol. The molecule has 0 aliphatic heterocycles. The molecule has 41 heavy (non-hydrogen) atoms. The summed E-state index contributed by atoms with van der Waals surface area (Å²) in [7, 11) is -2.76. The number of carbonyl (C=O) groups is 1. The van der Waals surface area contributed by atoms with Crippen molar-refractivity contribution in [1.29, 1.82) is 0 Å². The van der Waals surface area contributed by atoms with E-state index in [1.54, 1.807) is 18.2 Å². The van der Waals surface area contributed by atoms with Crippen molar-refractivity contribution >= 4 is 36.2 Å². The van der Waals surface area contributed by atoms with Crippen LogP contribution in [0, 0.1) is 6.92 Å². The van der Waals surface area contributed by atoms with Gasteiger partial charge in [-0.05, 0) is 34.8 Å². The summed E-state index contributed by atoms with van der Waals surface area (Å²) in [6.07, 6.45) is 0. The summed E-state index contributed by atoms with van der Waals surface area (Å²) in [5.74, 6) is -0.118. The minimum absolute atomic E-state index is 0. The maximum atomic E-state index is 14.2. The van der Waals surface area contributed by atoms with Crippen LogP contribution in [0.1, 0.15) is 56.1 Å². The molecule has 0 saturated heterocycles. The Labute approximate surface area is 264 Å². The third-order valence-electron chi connectivity index (χ3n) is 7.75. The molecule has 0 aliphatic carbocycles. The third-order valence-corrected chi connectivity index (χ3v) is 13.0. The summed E-state index contributed by atoms with van der Waals surface area (Å²) in [4.78, 5) is 16.1. The van der Waals surface area contributed by atoms with E-state index in [0.29, 0.717) is 29.3 Å². The van der Waals surface area contributed by atoms with Gasteiger partial charge in [-0.15, -0.1) is 0 Å². The third kappa shape index (κ3) is 6.86. The van der Waals surface area contributed by atoms with Crippen LogP contribution in [0.4, 0.5) is 0 Å². The van der Waals surface area contributed by atoms with E-state index in [1.807, 2.05) is 35.2 Å². The number of nitrogens with zero attached hydrogens (tertiary/aromatic N) is 1. The van der Waals surface area contributed by atoms with E-state index in [0.717, 1.165) is 5.56 Å². The van der Waals surface area contributed by atoms with E-state index < -0.39 is 13.9 Å². The Hall–Kier alpha value is -2.72. The van der Waals surface area contributed by atoms with Crippen LogP contribution in [0.5, 0.6) is 0 Å². The number of hydrogen-bond acceptors (Lipinski definition) is 2. The Morgan fingerprint density at radius 1 is 0.805 bits per heavy atom. The Balaban J connectivity index is 0.00000462. The van der Waals surface area contributed by atoms with Gasteiger partial charge >= 0.3 is 18.9 Å². The molecule has 208 valence electrons. The van der Waals surface area contributed by atoms with Crippen LogP contribution < -0.4 is 29.2 Å². The van der Waals surface area contributed by atoms with Crippen LogP contribution in [-0.2, 0) is 9.96 Å². The molecule has 0 atom stereocenters. The summed E-state index contributed by atoms with van der Waals surface area (Å²) in [6.45, 7) is 15.8. The van der Waals surface area contributed by atoms with Crippen molar-refractivity contribution in [1.82, 2.24) is 4.90 Å². The number of benzene rings is 4. The molecule has 0 bridgehead atoms. The zero-order valence-electron chi connectivity index (χ0n) is 25.2. The van der Waals surface area contributed by atoms with Crippen molar-refractivity contribution in [2.45, 2.75) is 45.2 Å². The summed E-state index contributed by atoms with van der Waals surface area (Å²) in [5.41, 5.74) is 1.58. The molecule has 1 amide bonds. The Morgan fingerprint density at radius 3 is 1.78 bits per heavy atom. The Bertz CT molecular complexity index is 1380. The number of amides is 1. The van der Waals surface area contributed by atoms with Crippen LogP contribution in [0.2, 0.25) is 10.1 Å². The van der Waals surface area contributed by atoms with Gasteiger partial charge in [0.25, 0.3) is 8.32 Å². The molecule has 3 nitrogen and oxygen atoms in total. The Kier molecular flexibility index (Phi) is 10.8. The zero-order valence-corrected chi connectivity index (χ0v) is 26.9. The number of hydrogen-bond donors (Lipinski definition) is 0. The molecule has 0 saturated carbocycles. The van der Waals surface area contributed by atoms with Crippen molar-refractivity contribution in [3.8, 4) is 0 Å². The van der Waals surface area contributed by atoms with Gasteiger partial charge in [0, 0.05) is 11.6 Å². The molecule has 4 aromatic rings. The van der Waals surface area contributed by atoms with Gasteiger partial charge in [-0.1, -0.05) is 141 Å². The van der Waals surface area contributed by atoms with Gasteiger partial charge in [-0.25, -0.2) is 0 Å². The molecule has 0 fully saturated rings. The van der Waals surface area contributed by atoms with Crippen molar-refractivity contribution < 1.29 is 28.1 Å². The van der Waals surface area contributed by atoms with Gasteiger partial charge < -0.3 is 9.33 Å². The summed E-state index contributed by atoms with van der Waals surface area (Å²) in [5, 5.41) is 2.77. The maximum Gasteiger partial charge on any atom is 1.00 e. The smallest absolute Gasteiger partial charge is 0.406 e. The van der Waals surface area contributed by atoms with Crippen molar-refractivity contribution in [3.63, 3.8) is 0 Å². The normalized spacial score (nSPS) is 12.0. The first-order valence-electron chi connectivity index (χ1n) is 13.7. The summed E-state index contributed by atoms with van der Waals surface area (Å²) >= 11 is 6.33. The SMILES string of the molecule is [CH2-]c1ccc(Cl)cc1C(=O)N(CCO[Si](c1ccccc1)(c1ccccc1)C(C)(C)C)C(C)(C)c1ccccc1.[Li+]. The van der Waals surface area contributed by atoms with Crippen LogP contribution in [-0.4, -0.2) is 32.3 Å². The monoisotopic (exact) mass is 575 g/mol. The number of rotatable bonds is 9. The fourth-order valence-corrected chi connectivity index (χ4v) is 10.3. The minimum Gasteiger partial charge on any atom is -0.406 e. The quantitative estimate of drug-likeness (QED) is 0.218. The van der Waals surface area contributed by atoms with E-state index >= 15 is 0 Å². The van der Waals surface area contributed by atoms with E-state index in [1.165, 1.54) is 10.4 Å². The summed E-state index contributed by atoms with van der Waals surface area (Å²) < 4.78 is 7.17. The van der Waals surface area contributed by atoms with Crippen molar-refractivity contribution in [2.75, 3.05) is 13.2 Å². The predicted octanol–water partition coefficient (Wildman–Crippen LogP) is 4.48. The molecule has 4 aromatic carbocycles. The summed E-state index contributed by atoms with van der Waals surface area (Å²) in [6, 6.07) is 36.5. The zero-order chi connectivity index (χ0) is 29.0. The van der Waals surface area contributed by atoms with E-state index in [-0.39, 0.29) is 29.8 Å². The van der Waals surface area contributed by atoms with E-state index in [9.17, 15) is 4.79 Å². The molecule has 4 rings (SSSR count). The van der Waals surface area contributed by atoms with Gasteiger partial charge in [0.05, 0.1) is 12.1 Å². The molecular formula is C35H39ClLiNO2Si. The first kappa shape index (κ1) is 32.8. The molecule has 6 heteroatoms. The van der Waals surface area contributed by atoms with Gasteiger partial charge in [0.1, 0.15) is 0 Å². The second-order valence-electron chi connectivity index (χ2n) is 11.7. The van der Waals surface area contributed by atoms with Crippen molar-refractivity contribution in [3.05, 3.63) is 138 Å². The molecule has 0 aliphatic rings. The molecule has 0 unspecified atom stereocenters. The van der Waals surface area contributed by atoms with Crippen LogP contribution in [0.25, 0.3) is 0 Å². The average molecular weight is 576 g/mol. The second kappa shape index (κ2) is 13.5. The van der Waals surface area contributed by atoms with Gasteiger partial charge in [-0.3, -0.25) is 4.79 Å². The van der Waals surface area contributed by atoms with Crippen molar-refractivity contribution in [2.24, 2.45) is 0 Å². The molecule has 0 spiro atoms. The van der Waals surface area contributed by atoms with E-state index in [2.05, 4.69) is 102 Å². The average Bonchev–Trinajstić information content (AvgIpc) is 2.95. The predicted molar refractivity (Wildman–Crippen MR) is 170 cm³/mol. The second-order valence-corrected chi connectivity index (χ2v) is 16.4. The number of carbonyl (C=O) groups excluding carboxylic acids is 1.